The molecule has 0 bridgehead atoms. The lowest BCUT2D eigenvalue weighted by atomic mass is 9.97. The molecule has 0 atom stereocenters. The summed E-state index contributed by atoms with van der Waals surface area (Å²) in [5, 5.41) is 0. The second kappa shape index (κ2) is 19.9. The van der Waals surface area contributed by atoms with Crippen molar-refractivity contribution in [3.05, 3.63) is 12.2 Å². The molecule has 0 rings (SSSR count). The second-order valence-electron chi connectivity index (χ2n) is 8.48. The lowest BCUT2D eigenvalue weighted by Gasteiger charge is -2.17. The van der Waals surface area contributed by atoms with Crippen LogP contribution >= 0.6 is 0 Å². The maximum atomic E-state index is 10.4. The van der Waals surface area contributed by atoms with Gasteiger partial charge in [-0.25, -0.2) is 4.79 Å². The third kappa shape index (κ3) is 27.5. The molecule has 0 amide bonds. The predicted octanol–water partition coefficient (Wildman–Crippen LogP) is 7.33. The van der Waals surface area contributed by atoms with Crippen molar-refractivity contribution in [3.63, 3.8) is 0 Å². The fourth-order valence-corrected chi connectivity index (χ4v) is 2.85. The number of hydrogen-bond donors (Lipinski definition) is 1. The van der Waals surface area contributed by atoms with E-state index >= 15 is 0 Å². The van der Waals surface area contributed by atoms with Gasteiger partial charge in [-0.3, -0.25) is 0 Å². The molecule has 0 fully saturated rings. The van der Waals surface area contributed by atoms with E-state index in [9.17, 15) is 4.79 Å². The van der Waals surface area contributed by atoms with E-state index in [-0.39, 0.29) is 11.5 Å². The number of carbonyl (C=O) groups is 1. The molecule has 0 radical (unpaired) electrons. The van der Waals surface area contributed by atoms with Gasteiger partial charge in [0.15, 0.2) is 0 Å². The lowest BCUT2D eigenvalue weighted by Crippen LogP contribution is -2.31. The summed E-state index contributed by atoms with van der Waals surface area (Å²) in [6.07, 6.45) is 19.7. The van der Waals surface area contributed by atoms with Gasteiger partial charge < -0.3 is 10.5 Å². The zero-order valence-electron chi connectivity index (χ0n) is 19.2. The zero-order valence-corrected chi connectivity index (χ0v) is 19.2. The van der Waals surface area contributed by atoms with E-state index in [4.69, 9.17) is 5.73 Å². The third-order valence-electron chi connectivity index (χ3n) is 4.55. The van der Waals surface area contributed by atoms with Crippen LogP contribution in [-0.2, 0) is 9.53 Å². The molecule has 3 heteroatoms. The van der Waals surface area contributed by atoms with Crippen LogP contribution in [0.2, 0.25) is 0 Å². The lowest BCUT2D eigenvalue weighted by molar-refractivity contribution is -0.138. The Hall–Kier alpha value is -0.830. The van der Waals surface area contributed by atoms with Crippen LogP contribution in [-0.4, -0.2) is 18.1 Å². The van der Waals surface area contributed by atoms with Gasteiger partial charge in [-0.1, -0.05) is 97.0 Å². The zero-order chi connectivity index (χ0) is 21.0. The van der Waals surface area contributed by atoms with E-state index in [1.54, 1.807) is 13.8 Å². The molecule has 0 aromatic carbocycles. The molecule has 2 N–H and O–H groups in total. The van der Waals surface area contributed by atoms with E-state index in [0.29, 0.717) is 12.2 Å². The SMILES string of the molecule is C=C(C)C(=O)OCC.CCCCCCCCCCCCCCCC(C)(C)N. The number of rotatable bonds is 16. The minimum Gasteiger partial charge on any atom is -0.463 e. The van der Waals surface area contributed by atoms with Crippen molar-refractivity contribution in [2.24, 2.45) is 5.73 Å². The largest absolute Gasteiger partial charge is 0.463 e. The Labute approximate surface area is 170 Å². The van der Waals surface area contributed by atoms with Crippen LogP contribution in [0, 0.1) is 0 Å². The predicted molar refractivity (Wildman–Crippen MR) is 120 cm³/mol. The number of carbonyl (C=O) groups excluding carboxylic acids is 1. The summed E-state index contributed by atoms with van der Waals surface area (Å²) in [7, 11) is 0. The van der Waals surface area contributed by atoms with Gasteiger partial charge in [-0.05, 0) is 34.1 Å². The minimum absolute atomic E-state index is 0.0395. The van der Waals surface area contributed by atoms with E-state index in [0.717, 1.165) is 0 Å². The number of nitrogens with two attached hydrogens (primary N) is 1. The molecule has 0 saturated carbocycles. The van der Waals surface area contributed by atoms with E-state index in [2.05, 4.69) is 32.1 Å². The first kappa shape index (κ1) is 28.4. The number of ether oxygens (including phenoxy) is 1. The molecule has 0 aromatic heterocycles. The monoisotopic (exact) mass is 383 g/mol. The third-order valence-corrected chi connectivity index (χ3v) is 4.55. The van der Waals surface area contributed by atoms with Crippen LogP contribution in [0.1, 0.15) is 125 Å². The molecule has 0 aromatic rings. The summed E-state index contributed by atoms with van der Waals surface area (Å²) in [6.45, 7) is 13.8. The van der Waals surface area contributed by atoms with Crippen molar-refractivity contribution in [1.82, 2.24) is 0 Å². The first-order valence-electron chi connectivity index (χ1n) is 11.4. The van der Waals surface area contributed by atoms with E-state index < -0.39 is 0 Å². The van der Waals surface area contributed by atoms with Crippen molar-refractivity contribution in [2.75, 3.05) is 6.61 Å². The van der Waals surface area contributed by atoms with Crippen molar-refractivity contribution >= 4 is 5.97 Å². The molecule has 0 heterocycles. The van der Waals surface area contributed by atoms with Crippen molar-refractivity contribution in [1.29, 1.82) is 0 Å². The van der Waals surface area contributed by atoms with Gasteiger partial charge >= 0.3 is 5.97 Å². The van der Waals surface area contributed by atoms with E-state index in [1.165, 1.54) is 89.9 Å². The molecule has 162 valence electrons. The number of unbranched alkanes of at least 4 members (excludes halogenated alkanes) is 12. The molecule has 3 nitrogen and oxygen atoms in total. The molecule has 27 heavy (non-hydrogen) atoms. The summed E-state index contributed by atoms with van der Waals surface area (Å²) in [5.41, 5.74) is 6.46. The van der Waals surface area contributed by atoms with Gasteiger partial charge in [-0.15, -0.1) is 0 Å². The van der Waals surface area contributed by atoms with Crippen molar-refractivity contribution < 1.29 is 9.53 Å². The Morgan fingerprint density at radius 3 is 1.44 bits per heavy atom. The summed E-state index contributed by atoms with van der Waals surface area (Å²) < 4.78 is 4.56. The molecule has 0 aliphatic carbocycles. The molecular weight excluding hydrogens is 334 g/mol. The Morgan fingerprint density at radius 2 is 1.19 bits per heavy atom. The quantitative estimate of drug-likeness (QED) is 0.172. The maximum absolute atomic E-state index is 10.4. The smallest absolute Gasteiger partial charge is 0.333 e. The highest BCUT2D eigenvalue weighted by atomic mass is 16.5. The van der Waals surface area contributed by atoms with Gasteiger partial charge in [0.25, 0.3) is 0 Å². The van der Waals surface area contributed by atoms with Gasteiger partial charge in [-0.2, -0.15) is 0 Å². The molecule has 0 aliphatic rings. The minimum atomic E-state index is -0.312. The first-order chi connectivity index (χ1) is 12.7. The van der Waals surface area contributed by atoms with Crippen LogP contribution in [0.4, 0.5) is 0 Å². The van der Waals surface area contributed by atoms with Crippen molar-refractivity contribution in [2.45, 2.75) is 130 Å². The second-order valence-corrected chi connectivity index (χ2v) is 8.48. The van der Waals surface area contributed by atoms with Gasteiger partial charge in [0.1, 0.15) is 0 Å². The summed E-state index contributed by atoms with van der Waals surface area (Å²) in [6, 6.07) is 0. The van der Waals surface area contributed by atoms with E-state index in [1.807, 2.05) is 0 Å². The Kier molecular flexibility index (Phi) is 20.9. The summed E-state index contributed by atoms with van der Waals surface area (Å²) in [5.74, 6) is -0.312. The highest BCUT2D eigenvalue weighted by molar-refractivity contribution is 5.86. The maximum Gasteiger partial charge on any atom is 0.333 e. The molecular formula is C24H49NO2. The van der Waals surface area contributed by atoms with Crippen LogP contribution in [0.3, 0.4) is 0 Å². The number of esters is 1. The standard InChI is InChI=1S/C18H39N.C6H10O2/c1-4-5-6-7-8-9-10-11-12-13-14-15-16-17-18(2,3)19;1-4-8-6(7)5(2)3/h4-17,19H2,1-3H3;2,4H2,1,3H3. The highest BCUT2D eigenvalue weighted by Gasteiger charge is 2.08. The van der Waals surface area contributed by atoms with Crippen LogP contribution in [0.15, 0.2) is 12.2 Å². The Bertz CT molecular complexity index is 345. The average molecular weight is 384 g/mol. The molecule has 0 saturated heterocycles. The first-order valence-corrected chi connectivity index (χ1v) is 11.4. The van der Waals surface area contributed by atoms with Crippen LogP contribution in [0.25, 0.3) is 0 Å². The normalized spacial score (nSPS) is 10.9. The van der Waals surface area contributed by atoms with Crippen LogP contribution in [0.5, 0.6) is 0 Å². The average Bonchev–Trinajstić information content (AvgIpc) is 2.59. The molecule has 0 spiro atoms. The summed E-state index contributed by atoms with van der Waals surface area (Å²) in [4.78, 5) is 10.4. The van der Waals surface area contributed by atoms with Gasteiger partial charge in [0, 0.05) is 11.1 Å². The Morgan fingerprint density at radius 1 is 0.815 bits per heavy atom. The fourth-order valence-electron chi connectivity index (χ4n) is 2.85. The van der Waals surface area contributed by atoms with Gasteiger partial charge in [0.05, 0.1) is 6.61 Å². The Balaban J connectivity index is 0. The topological polar surface area (TPSA) is 52.3 Å². The van der Waals surface area contributed by atoms with Crippen molar-refractivity contribution in [3.8, 4) is 0 Å². The molecule has 0 unspecified atom stereocenters. The highest BCUT2D eigenvalue weighted by Crippen LogP contribution is 2.15. The van der Waals surface area contributed by atoms with Crippen LogP contribution < -0.4 is 5.73 Å². The number of hydrogen-bond acceptors (Lipinski definition) is 3. The molecule has 0 aliphatic heterocycles. The fraction of sp³-hybridized carbons (Fsp3) is 0.875. The van der Waals surface area contributed by atoms with Gasteiger partial charge in [0.2, 0.25) is 0 Å². The summed E-state index contributed by atoms with van der Waals surface area (Å²) >= 11 is 0.